The highest BCUT2D eigenvalue weighted by atomic mass is 35.5. The molecule has 124 valence electrons. The molecular weight excluding hydrogens is 303 g/mol. The Morgan fingerprint density at radius 2 is 2.23 bits per heavy atom. The van der Waals surface area contributed by atoms with Crippen LogP contribution in [-0.4, -0.2) is 29.9 Å². The summed E-state index contributed by atoms with van der Waals surface area (Å²) in [4.78, 5) is 14.4. The first-order valence-corrected chi connectivity index (χ1v) is 7.84. The molecular formula is C17H26ClFN2O. The van der Waals surface area contributed by atoms with Crippen molar-refractivity contribution in [2.24, 2.45) is 11.7 Å². The van der Waals surface area contributed by atoms with Crippen LogP contribution in [-0.2, 0) is 11.2 Å². The van der Waals surface area contributed by atoms with Crippen molar-refractivity contribution in [2.45, 2.75) is 45.1 Å². The summed E-state index contributed by atoms with van der Waals surface area (Å²) in [7, 11) is 0. The highest BCUT2D eigenvalue weighted by molar-refractivity contribution is 5.85. The van der Waals surface area contributed by atoms with E-state index in [0.717, 1.165) is 37.8 Å². The Kier molecular flexibility index (Phi) is 7.83. The maximum atomic E-state index is 13.2. The van der Waals surface area contributed by atoms with Crippen molar-refractivity contribution in [3.05, 3.63) is 35.6 Å². The predicted octanol–water partition coefficient (Wildman–Crippen LogP) is 3.16. The Morgan fingerprint density at radius 3 is 2.91 bits per heavy atom. The predicted molar refractivity (Wildman–Crippen MR) is 89.5 cm³/mol. The van der Waals surface area contributed by atoms with Gasteiger partial charge in [-0.2, -0.15) is 0 Å². The average Bonchev–Trinajstić information content (AvgIpc) is 2.47. The van der Waals surface area contributed by atoms with Gasteiger partial charge in [0.05, 0.1) is 0 Å². The van der Waals surface area contributed by atoms with Crippen molar-refractivity contribution in [1.29, 1.82) is 0 Å². The van der Waals surface area contributed by atoms with Crippen LogP contribution in [0.1, 0.15) is 38.2 Å². The lowest BCUT2D eigenvalue weighted by molar-refractivity contribution is -0.135. The summed E-state index contributed by atoms with van der Waals surface area (Å²) in [6.07, 6.45) is 4.48. The van der Waals surface area contributed by atoms with Gasteiger partial charge in [-0.1, -0.05) is 19.1 Å². The van der Waals surface area contributed by atoms with E-state index in [4.69, 9.17) is 5.73 Å². The van der Waals surface area contributed by atoms with Gasteiger partial charge >= 0.3 is 0 Å². The van der Waals surface area contributed by atoms with Crippen molar-refractivity contribution in [3.8, 4) is 0 Å². The molecule has 2 atom stereocenters. The molecule has 0 spiro atoms. The number of rotatable bonds is 5. The first kappa shape index (κ1) is 18.9. The molecule has 1 heterocycles. The number of likely N-dealkylation sites (tertiary alicyclic amines) is 1. The third kappa shape index (κ3) is 5.25. The van der Waals surface area contributed by atoms with Gasteiger partial charge in [0.2, 0.25) is 5.91 Å². The second-order valence-corrected chi connectivity index (χ2v) is 6.12. The van der Waals surface area contributed by atoms with Crippen LogP contribution in [0.2, 0.25) is 0 Å². The maximum absolute atomic E-state index is 13.2. The van der Waals surface area contributed by atoms with E-state index >= 15 is 0 Å². The van der Waals surface area contributed by atoms with Crippen LogP contribution in [0.25, 0.3) is 0 Å². The third-order valence-electron chi connectivity index (χ3n) is 4.22. The standard InChI is InChI=1S/C17H25FN2O.ClH/c1-13(9-14-5-4-6-15(18)11-14)10-17(21)20-8-3-2-7-16(20)12-19;/h4-6,11,13,16H,2-3,7-10,12,19H2,1H3;1H. The van der Waals surface area contributed by atoms with Gasteiger partial charge in [0, 0.05) is 25.6 Å². The van der Waals surface area contributed by atoms with Gasteiger partial charge in [-0.25, -0.2) is 4.39 Å². The summed E-state index contributed by atoms with van der Waals surface area (Å²) >= 11 is 0. The molecule has 0 radical (unpaired) electrons. The molecule has 2 N–H and O–H groups in total. The number of hydrogen-bond acceptors (Lipinski definition) is 2. The average molecular weight is 329 g/mol. The summed E-state index contributed by atoms with van der Waals surface area (Å²) in [6.45, 7) is 3.42. The highest BCUT2D eigenvalue weighted by Gasteiger charge is 2.26. The number of carbonyl (C=O) groups is 1. The van der Waals surface area contributed by atoms with Crippen LogP contribution >= 0.6 is 12.4 Å². The van der Waals surface area contributed by atoms with E-state index < -0.39 is 0 Å². The number of amides is 1. The van der Waals surface area contributed by atoms with Crippen LogP contribution in [0.4, 0.5) is 4.39 Å². The Morgan fingerprint density at radius 1 is 1.45 bits per heavy atom. The van der Waals surface area contributed by atoms with Crippen LogP contribution in [0, 0.1) is 11.7 Å². The highest BCUT2D eigenvalue weighted by Crippen LogP contribution is 2.20. The van der Waals surface area contributed by atoms with Gasteiger partial charge < -0.3 is 10.6 Å². The second kappa shape index (κ2) is 9.11. The van der Waals surface area contributed by atoms with Crippen LogP contribution in [0.15, 0.2) is 24.3 Å². The lowest BCUT2D eigenvalue weighted by Gasteiger charge is -2.35. The molecule has 1 aromatic carbocycles. The van der Waals surface area contributed by atoms with Crippen LogP contribution < -0.4 is 5.73 Å². The van der Waals surface area contributed by atoms with Gasteiger partial charge in [0.1, 0.15) is 5.82 Å². The molecule has 0 bridgehead atoms. The fourth-order valence-electron chi connectivity index (χ4n) is 3.13. The quantitative estimate of drug-likeness (QED) is 0.902. The van der Waals surface area contributed by atoms with E-state index in [2.05, 4.69) is 0 Å². The number of nitrogens with zero attached hydrogens (tertiary/aromatic N) is 1. The normalized spacial score (nSPS) is 19.4. The van der Waals surface area contributed by atoms with Crippen LogP contribution in [0.5, 0.6) is 0 Å². The van der Waals surface area contributed by atoms with Gasteiger partial charge in [0.25, 0.3) is 0 Å². The minimum Gasteiger partial charge on any atom is -0.338 e. The molecule has 2 rings (SSSR count). The van der Waals surface area contributed by atoms with Gasteiger partial charge in [-0.3, -0.25) is 4.79 Å². The van der Waals surface area contributed by atoms with Crippen molar-refractivity contribution < 1.29 is 9.18 Å². The summed E-state index contributed by atoms with van der Waals surface area (Å²) in [5, 5.41) is 0. The minimum atomic E-state index is -0.217. The fraction of sp³-hybridized carbons (Fsp3) is 0.588. The molecule has 1 aliphatic heterocycles. The molecule has 0 aliphatic carbocycles. The smallest absolute Gasteiger partial charge is 0.223 e. The first-order chi connectivity index (χ1) is 10.1. The number of hydrogen-bond donors (Lipinski definition) is 1. The van der Waals surface area contributed by atoms with E-state index in [9.17, 15) is 9.18 Å². The van der Waals surface area contributed by atoms with E-state index in [-0.39, 0.29) is 36.1 Å². The Bertz CT molecular complexity index is 483. The van der Waals surface area contributed by atoms with Crippen molar-refractivity contribution in [1.82, 2.24) is 4.90 Å². The van der Waals surface area contributed by atoms with Gasteiger partial charge in [0.15, 0.2) is 0 Å². The van der Waals surface area contributed by atoms with Crippen molar-refractivity contribution in [2.75, 3.05) is 13.1 Å². The van der Waals surface area contributed by atoms with E-state index in [1.165, 1.54) is 6.07 Å². The van der Waals surface area contributed by atoms with E-state index in [1.807, 2.05) is 17.9 Å². The SMILES string of the molecule is CC(CC(=O)N1CCCCC1CN)Cc1cccc(F)c1.Cl. The summed E-state index contributed by atoms with van der Waals surface area (Å²) in [5.74, 6) is 0.180. The Labute approximate surface area is 138 Å². The molecule has 5 heteroatoms. The number of benzene rings is 1. The molecule has 1 fully saturated rings. The number of carbonyl (C=O) groups excluding carboxylic acids is 1. The molecule has 1 amide bonds. The topological polar surface area (TPSA) is 46.3 Å². The molecule has 3 nitrogen and oxygen atoms in total. The summed E-state index contributed by atoms with van der Waals surface area (Å²) < 4.78 is 13.2. The lowest BCUT2D eigenvalue weighted by atomic mass is 9.95. The molecule has 22 heavy (non-hydrogen) atoms. The molecule has 1 saturated heterocycles. The number of halogens is 2. The minimum absolute atomic E-state index is 0. The number of piperidine rings is 1. The second-order valence-electron chi connectivity index (χ2n) is 6.12. The van der Waals surface area contributed by atoms with Crippen LogP contribution in [0.3, 0.4) is 0 Å². The zero-order valence-electron chi connectivity index (χ0n) is 13.1. The Hall–Kier alpha value is -1.13. The fourth-order valence-corrected chi connectivity index (χ4v) is 3.13. The summed E-state index contributed by atoms with van der Waals surface area (Å²) in [5.41, 5.74) is 6.72. The lowest BCUT2D eigenvalue weighted by Crippen LogP contribution is -2.47. The van der Waals surface area contributed by atoms with Gasteiger partial charge in [-0.05, 0) is 49.3 Å². The van der Waals surface area contributed by atoms with Gasteiger partial charge in [-0.15, -0.1) is 12.4 Å². The molecule has 2 unspecified atom stereocenters. The van der Waals surface area contributed by atoms with E-state index in [0.29, 0.717) is 13.0 Å². The van der Waals surface area contributed by atoms with Crippen molar-refractivity contribution in [3.63, 3.8) is 0 Å². The molecule has 1 aliphatic rings. The number of nitrogens with two attached hydrogens (primary N) is 1. The Balaban J connectivity index is 0.00000242. The first-order valence-electron chi connectivity index (χ1n) is 7.84. The zero-order valence-corrected chi connectivity index (χ0v) is 13.9. The zero-order chi connectivity index (χ0) is 15.2. The molecule has 0 aromatic heterocycles. The van der Waals surface area contributed by atoms with Crippen molar-refractivity contribution >= 4 is 18.3 Å². The molecule has 0 saturated carbocycles. The summed E-state index contributed by atoms with van der Waals surface area (Å²) in [6, 6.07) is 6.82. The largest absolute Gasteiger partial charge is 0.338 e. The molecule has 1 aromatic rings. The third-order valence-corrected chi connectivity index (χ3v) is 4.22. The monoisotopic (exact) mass is 328 g/mol. The van der Waals surface area contributed by atoms with E-state index in [1.54, 1.807) is 12.1 Å². The maximum Gasteiger partial charge on any atom is 0.223 e.